The molecule has 3 aromatic carbocycles. The van der Waals surface area contributed by atoms with Crippen molar-refractivity contribution in [1.82, 2.24) is 29.1 Å². The first-order chi connectivity index (χ1) is 28.9. The molecule has 4 atom stereocenters. The van der Waals surface area contributed by atoms with Crippen molar-refractivity contribution in [3.63, 3.8) is 0 Å². The second-order valence-corrected chi connectivity index (χ2v) is 16.5. The third kappa shape index (κ3) is 9.71. The zero-order valence-corrected chi connectivity index (χ0v) is 36.6. The maximum absolute atomic E-state index is 13.3. The summed E-state index contributed by atoms with van der Waals surface area (Å²) in [6.45, 7) is 18.1. The van der Waals surface area contributed by atoms with Crippen LogP contribution in [0.15, 0.2) is 95.0 Å². The molecule has 0 spiro atoms. The number of H-pyrrole nitrogens is 1. The second-order valence-electron chi connectivity index (χ2n) is 15.1. The molecule has 0 aliphatic carbocycles. The third-order valence-corrected chi connectivity index (χ3v) is 12.5. The molecule has 0 radical (unpaired) electrons. The fourth-order valence-corrected chi connectivity index (χ4v) is 9.00. The van der Waals surface area contributed by atoms with E-state index in [1.165, 1.54) is 0 Å². The Bertz CT molecular complexity index is 2240. The van der Waals surface area contributed by atoms with E-state index in [2.05, 4.69) is 52.2 Å². The van der Waals surface area contributed by atoms with Crippen LogP contribution in [0.4, 0.5) is 5.95 Å². The molecule has 0 amide bonds. The number of nitrogens with one attached hydrogen (secondary N) is 1. The van der Waals surface area contributed by atoms with Crippen molar-refractivity contribution in [3.8, 4) is 11.5 Å². The number of hydrogen-bond acceptors (Lipinski definition) is 11. The molecule has 5 aromatic rings. The number of aliphatic imine (C=N–C) groups is 1. The number of rotatable bonds is 18. The Hall–Kier alpha value is -5.20. The SMILES string of the molecule is [C-]#[N+]CCOP(OC1C[C@H](n2cnc3c(=O)[nH]c(/N=C(\C)N(C)C)nc32)O[C@@H]1COC(c1ccccc1)(c1ccc(OC)cc1)c1ccc(OC)cc1)N(C(C)C)C(C)C. The lowest BCUT2D eigenvalue weighted by Crippen LogP contribution is -2.39. The number of benzene rings is 3. The van der Waals surface area contributed by atoms with Crippen LogP contribution in [0.1, 0.15) is 64.0 Å². The molecule has 1 saturated heterocycles. The fraction of sp³-hybridized carbons (Fsp3) is 0.432. The smallest absolute Gasteiger partial charge is 0.280 e. The van der Waals surface area contributed by atoms with Gasteiger partial charge in [0.25, 0.3) is 14.1 Å². The van der Waals surface area contributed by atoms with Crippen LogP contribution in [0, 0.1) is 6.57 Å². The number of hydrogen-bond donors (Lipinski definition) is 1. The molecule has 3 heterocycles. The van der Waals surface area contributed by atoms with Gasteiger partial charge in [-0.25, -0.2) is 21.2 Å². The van der Waals surface area contributed by atoms with E-state index in [0.29, 0.717) is 29.4 Å². The highest BCUT2D eigenvalue weighted by Gasteiger charge is 2.45. The van der Waals surface area contributed by atoms with E-state index in [-0.39, 0.29) is 43.3 Å². The summed E-state index contributed by atoms with van der Waals surface area (Å²) in [6.07, 6.45) is 0.0353. The molecule has 6 rings (SSSR count). The van der Waals surface area contributed by atoms with E-state index >= 15 is 0 Å². The molecule has 16 heteroatoms. The molecule has 1 N–H and O–H groups in total. The molecule has 0 bridgehead atoms. The van der Waals surface area contributed by atoms with Gasteiger partial charge in [0.1, 0.15) is 41.9 Å². The third-order valence-electron chi connectivity index (χ3n) is 10.3. The van der Waals surface area contributed by atoms with Crippen LogP contribution in [0.3, 0.4) is 0 Å². The van der Waals surface area contributed by atoms with E-state index in [9.17, 15) is 4.79 Å². The molecule has 60 heavy (non-hydrogen) atoms. The summed E-state index contributed by atoms with van der Waals surface area (Å²) in [5.74, 6) is 2.23. The number of fused-ring (bicyclic) bond motifs is 1. The molecule has 2 unspecified atom stereocenters. The van der Waals surface area contributed by atoms with Gasteiger partial charge in [-0.2, -0.15) is 4.98 Å². The van der Waals surface area contributed by atoms with Crippen molar-refractivity contribution in [2.45, 2.75) is 77.2 Å². The maximum Gasteiger partial charge on any atom is 0.280 e. The van der Waals surface area contributed by atoms with Crippen LogP contribution < -0.4 is 15.0 Å². The Kier molecular flexibility index (Phi) is 14.7. The molecule has 1 aliphatic rings. The predicted molar refractivity (Wildman–Crippen MR) is 233 cm³/mol. The molecule has 2 aromatic heterocycles. The summed E-state index contributed by atoms with van der Waals surface area (Å²) in [4.78, 5) is 35.1. The van der Waals surface area contributed by atoms with Crippen molar-refractivity contribution in [2.24, 2.45) is 4.99 Å². The van der Waals surface area contributed by atoms with E-state index in [4.69, 9.17) is 39.6 Å². The van der Waals surface area contributed by atoms with Gasteiger partial charge in [-0.1, -0.05) is 54.6 Å². The highest BCUT2D eigenvalue weighted by atomic mass is 31.2. The Labute approximate surface area is 353 Å². The van der Waals surface area contributed by atoms with Gasteiger partial charge in [0.15, 0.2) is 11.2 Å². The van der Waals surface area contributed by atoms with Crippen LogP contribution in [-0.4, -0.2) is 107 Å². The standard InChI is InChI=1S/C44H55N8O7P/c1-29(2)52(30(3)4)60(57-25-24-45-6)59-37-26-39(51-28-46-40-41(51)48-43(49-42(40)53)47-31(5)50(7)8)58-38(37)27-56-44(32-14-12-11-13-15-32,33-16-20-35(54-9)21-17-33)34-18-22-36(55-10)23-19-34/h11-23,28-30,37-39H,24-27H2,1-5,7-10H3,(H,48,49,53)/b47-31+/t37?,38-,39-,60?/m1/s1. The lowest BCUT2D eigenvalue weighted by Gasteiger charge is -2.39. The number of ether oxygens (including phenoxy) is 4. The van der Waals surface area contributed by atoms with Gasteiger partial charge in [-0.15, -0.1) is 0 Å². The fourth-order valence-electron chi connectivity index (χ4n) is 7.25. The van der Waals surface area contributed by atoms with Gasteiger partial charge in [0.05, 0.1) is 33.3 Å². The first-order valence-corrected chi connectivity index (χ1v) is 21.1. The summed E-state index contributed by atoms with van der Waals surface area (Å²) in [7, 11) is 5.35. The quantitative estimate of drug-likeness (QED) is 0.0232. The molecule has 318 valence electrons. The van der Waals surface area contributed by atoms with Gasteiger partial charge in [0.2, 0.25) is 12.5 Å². The van der Waals surface area contributed by atoms with Crippen molar-refractivity contribution in [1.29, 1.82) is 0 Å². The maximum atomic E-state index is 13.3. The second kappa shape index (κ2) is 19.9. The minimum Gasteiger partial charge on any atom is -0.497 e. The lowest BCUT2D eigenvalue weighted by atomic mass is 9.80. The summed E-state index contributed by atoms with van der Waals surface area (Å²) < 4.78 is 42.8. The van der Waals surface area contributed by atoms with Gasteiger partial charge in [-0.3, -0.25) is 14.3 Å². The first-order valence-electron chi connectivity index (χ1n) is 19.9. The number of aromatic amines is 1. The molecule has 15 nitrogen and oxygen atoms in total. The zero-order chi connectivity index (χ0) is 43.0. The summed E-state index contributed by atoms with van der Waals surface area (Å²) in [5, 5.41) is 0. The van der Waals surface area contributed by atoms with Gasteiger partial charge in [-0.05, 0) is 75.6 Å². The van der Waals surface area contributed by atoms with Crippen LogP contribution in [0.5, 0.6) is 11.5 Å². The molecule has 0 saturated carbocycles. The Morgan fingerprint density at radius 1 is 0.983 bits per heavy atom. The van der Waals surface area contributed by atoms with Crippen LogP contribution in [0.2, 0.25) is 0 Å². The summed E-state index contributed by atoms with van der Waals surface area (Å²) in [5.41, 5.74) is 1.58. The highest BCUT2D eigenvalue weighted by molar-refractivity contribution is 7.44. The number of amidine groups is 1. The summed E-state index contributed by atoms with van der Waals surface area (Å²) >= 11 is 0. The number of aromatic nitrogens is 4. The van der Waals surface area contributed by atoms with Crippen molar-refractivity contribution >= 4 is 31.5 Å². The Balaban J connectivity index is 1.46. The van der Waals surface area contributed by atoms with E-state index < -0.39 is 38.1 Å². The minimum atomic E-state index is -1.66. The Morgan fingerprint density at radius 2 is 1.58 bits per heavy atom. The van der Waals surface area contributed by atoms with Crippen molar-refractivity contribution < 1.29 is 28.0 Å². The number of nitrogens with zero attached hydrogens (tertiary/aromatic N) is 7. The first kappa shape index (κ1) is 44.4. The Morgan fingerprint density at radius 3 is 2.13 bits per heavy atom. The van der Waals surface area contributed by atoms with E-state index in [1.54, 1.807) is 25.1 Å². The molecular formula is C44H55N8O7P. The van der Waals surface area contributed by atoms with Crippen LogP contribution in [-0.2, 0) is 24.1 Å². The number of methoxy groups -OCH3 is 2. The normalized spacial score (nSPS) is 17.7. The molecule has 1 aliphatic heterocycles. The lowest BCUT2D eigenvalue weighted by molar-refractivity contribution is -0.0911. The van der Waals surface area contributed by atoms with E-state index in [1.807, 2.05) is 105 Å². The van der Waals surface area contributed by atoms with E-state index in [0.717, 1.165) is 16.7 Å². The van der Waals surface area contributed by atoms with Crippen LogP contribution >= 0.6 is 8.53 Å². The average Bonchev–Trinajstić information content (AvgIpc) is 3.85. The topological polar surface area (TPSA) is 142 Å². The van der Waals surface area contributed by atoms with Crippen molar-refractivity contribution in [3.05, 3.63) is 124 Å². The van der Waals surface area contributed by atoms with Crippen molar-refractivity contribution in [2.75, 3.05) is 48.1 Å². The van der Waals surface area contributed by atoms with Gasteiger partial charge >= 0.3 is 0 Å². The molecular weight excluding hydrogens is 784 g/mol. The monoisotopic (exact) mass is 838 g/mol. The minimum absolute atomic E-state index is 0.0704. The highest BCUT2D eigenvalue weighted by Crippen LogP contribution is 2.51. The average molecular weight is 839 g/mol. The summed E-state index contributed by atoms with van der Waals surface area (Å²) in [6, 6.07) is 25.9. The zero-order valence-electron chi connectivity index (χ0n) is 35.7. The van der Waals surface area contributed by atoms with Gasteiger partial charge in [0, 0.05) is 32.6 Å². The molecule has 1 fully saturated rings. The predicted octanol–water partition coefficient (Wildman–Crippen LogP) is 7.71. The largest absolute Gasteiger partial charge is 0.497 e. The van der Waals surface area contributed by atoms with Crippen LogP contribution in [0.25, 0.3) is 16.0 Å². The number of imidazole rings is 1. The van der Waals surface area contributed by atoms with Gasteiger partial charge < -0.3 is 37.7 Å².